The molecular formula is C14H19N5O. The lowest BCUT2D eigenvalue weighted by Crippen LogP contribution is -2.17. The van der Waals surface area contributed by atoms with Crippen molar-refractivity contribution >= 4 is 5.95 Å². The van der Waals surface area contributed by atoms with Crippen molar-refractivity contribution in [2.75, 3.05) is 5.32 Å². The van der Waals surface area contributed by atoms with Crippen molar-refractivity contribution in [2.45, 2.75) is 45.6 Å². The molecule has 0 saturated heterocycles. The highest BCUT2D eigenvalue weighted by atomic mass is 16.4. The van der Waals surface area contributed by atoms with Gasteiger partial charge in [0.15, 0.2) is 0 Å². The van der Waals surface area contributed by atoms with E-state index in [0.29, 0.717) is 17.9 Å². The van der Waals surface area contributed by atoms with Crippen LogP contribution in [0.1, 0.15) is 36.6 Å². The predicted octanol–water partition coefficient (Wildman–Crippen LogP) is 2.30. The van der Waals surface area contributed by atoms with Gasteiger partial charge >= 0.3 is 0 Å². The van der Waals surface area contributed by atoms with Crippen LogP contribution < -0.4 is 5.32 Å². The average Bonchev–Trinajstić information content (AvgIpc) is 3.02. The summed E-state index contributed by atoms with van der Waals surface area (Å²) in [6, 6.07) is 0.437. The topological polar surface area (TPSA) is 76.7 Å². The Labute approximate surface area is 118 Å². The second-order valence-electron chi connectivity index (χ2n) is 5.52. The number of rotatable bonds is 4. The monoisotopic (exact) mass is 273 g/mol. The van der Waals surface area contributed by atoms with Gasteiger partial charge in [0.1, 0.15) is 0 Å². The van der Waals surface area contributed by atoms with Crippen molar-refractivity contribution in [3.63, 3.8) is 0 Å². The smallest absolute Gasteiger partial charge is 0.222 e. The van der Waals surface area contributed by atoms with Crippen molar-refractivity contribution in [1.82, 2.24) is 20.2 Å². The van der Waals surface area contributed by atoms with E-state index >= 15 is 0 Å². The molecule has 0 spiro atoms. The Morgan fingerprint density at radius 3 is 2.70 bits per heavy atom. The Morgan fingerprint density at radius 2 is 2.00 bits per heavy atom. The number of hydrogen-bond donors (Lipinski definition) is 1. The highest BCUT2D eigenvalue weighted by Gasteiger charge is 2.26. The molecule has 106 valence electrons. The van der Waals surface area contributed by atoms with Crippen molar-refractivity contribution in [3.8, 4) is 0 Å². The molecule has 1 N–H and O–H groups in total. The summed E-state index contributed by atoms with van der Waals surface area (Å²) in [5, 5.41) is 11.3. The third kappa shape index (κ3) is 3.12. The Balaban J connectivity index is 1.53. The van der Waals surface area contributed by atoms with Crippen LogP contribution in [0, 0.1) is 19.8 Å². The van der Waals surface area contributed by atoms with Crippen LogP contribution in [0.4, 0.5) is 5.95 Å². The van der Waals surface area contributed by atoms with E-state index in [1.165, 1.54) is 6.42 Å². The first-order chi connectivity index (χ1) is 9.69. The summed E-state index contributed by atoms with van der Waals surface area (Å²) in [6.07, 6.45) is 7.94. The van der Waals surface area contributed by atoms with E-state index in [1.807, 2.05) is 26.2 Å². The zero-order valence-corrected chi connectivity index (χ0v) is 11.8. The van der Waals surface area contributed by atoms with E-state index in [0.717, 1.165) is 36.7 Å². The van der Waals surface area contributed by atoms with Gasteiger partial charge in [0, 0.05) is 31.8 Å². The fraction of sp³-hybridized carbons (Fsp3) is 0.571. The van der Waals surface area contributed by atoms with Crippen LogP contribution in [-0.2, 0) is 6.42 Å². The summed E-state index contributed by atoms with van der Waals surface area (Å²) in [5.74, 6) is 2.70. The lowest BCUT2D eigenvalue weighted by molar-refractivity contribution is 0.416. The lowest BCUT2D eigenvalue weighted by Gasteiger charge is -2.12. The quantitative estimate of drug-likeness (QED) is 0.921. The first-order valence-corrected chi connectivity index (χ1v) is 7.03. The third-order valence-corrected chi connectivity index (χ3v) is 3.69. The number of aryl methyl sites for hydroxylation is 2. The van der Waals surface area contributed by atoms with Crippen molar-refractivity contribution in [1.29, 1.82) is 0 Å². The zero-order chi connectivity index (χ0) is 13.9. The molecule has 1 aliphatic carbocycles. The second kappa shape index (κ2) is 5.56. The molecule has 0 unspecified atom stereocenters. The van der Waals surface area contributed by atoms with Gasteiger partial charge in [-0.3, -0.25) is 0 Å². The van der Waals surface area contributed by atoms with E-state index in [2.05, 4.69) is 25.5 Å². The summed E-state index contributed by atoms with van der Waals surface area (Å²) in [6.45, 7) is 3.81. The molecule has 2 atom stereocenters. The molecule has 20 heavy (non-hydrogen) atoms. The SMILES string of the molecule is Cc1cnc(N[C@H]2CC[C@@H](Cc3nnc(C)o3)C2)nc1. The van der Waals surface area contributed by atoms with E-state index in [4.69, 9.17) is 4.42 Å². The van der Waals surface area contributed by atoms with Crippen LogP contribution in [-0.4, -0.2) is 26.2 Å². The molecule has 2 heterocycles. The minimum Gasteiger partial charge on any atom is -0.426 e. The van der Waals surface area contributed by atoms with Crippen LogP contribution in [0.5, 0.6) is 0 Å². The average molecular weight is 273 g/mol. The molecule has 1 saturated carbocycles. The van der Waals surface area contributed by atoms with Gasteiger partial charge in [0.2, 0.25) is 17.7 Å². The highest BCUT2D eigenvalue weighted by Crippen LogP contribution is 2.29. The van der Waals surface area contributed by atoms with Gasteiger partial charge in [-0.1, -0.05) is 0 Å². The lowest BCUT2D eigenvalue weighted by atomic mass is 10.0. The predicted molar refractivity (Wildman–Crippen MR) is 74.3 cm³/mol. The maximum atomic E-state index is 5.44. The van der Waals surface area contributed by atoms with Crippen LogP contribution in [0.2, 0.25) is 0 Å². The molecule has 3 rings (SSSR count). The highest BCUT2D eigenvalue weighted by molar-refractivity contribution is 5.26. The molecule has 1 aliphatic rings. The van der Waals surface area contributed by atoms with E-state index in [1.54, 1.807) is 0 Å². The van der Waals surface area contributed by atoms with Crippen LogP contribution in [0.25, 0.3) is 0 Å². The Bertz CT molecular complexity index is 565. The molecule has 6 heteroatoms. The number of hydrogen-bond acceptors (Lipinski definition) is 6. The molecule has 0 amide bonds. The van der Waals surface area contributed by atoms with Gasteiger partial charge < -0.3 is 9.73 Å². The minimum atomic E-state index is 0.437. The number of nitrogens with one attached hydrogen (secondary N) is 1. The van der Waals surface area contributed by atoms with Gasteiger partial charge in [0.05, 0.1) is 0 Å². The number of anilines is 1. The molecule has 0 aromatic carbocycles. The summed E-state index contributed by atoms with van der Waals surface area (Å²) >= 11 is 0. The van der Waals surface area contributed by atoms with Gasteiger partial charge in [0.25, 0.3) is 0 Å². The standard InChI is InChI=1S/C14H19N5O/c1-9-7-15-14(16-8-9)17-12-4-3-11(5-12)6-13-19-18-10(2)20-13/h7-8,11-12H,3-6H2,1-2H3,(H,15,16,17)/t11-,12+/m1/s1. The maximum Gasteiger partial charge on any atom is 0.222 e. The summed E-state index contributed by atoms with van der Waals surface area (Å²) in [5.41, 5.74) is 1.08. The molecule has 6 nitrogen and oxygen atoms in total. The van der Waals surface area contributed by atoms with E-state index < -0.39 is 0 Å². The molecule has 0 bridgehead atoms. The van der Waals surface area contributed by atoms with Crippen molar-refractivity contribution in [2.24, 2.45) is 5.92 Å². The first kappa shape index (κ1) is 13.0. The van der Waals surface area contributed by atoms with Crippen LogP contribution >= 0.6 is 0 Å². The molecule has 2 aromatic rings. The normalized spacial score (nSPS) is 22.1. The largest absolute Gasteiger partial charge is 0.426 e. The second-order valence-corrected chi connectivity index (χ2v) is 5.52. The van der Waals surface area contributed by atoms with E-state index in [9.17, 15) is 0 Å². The Kier molecular flexibility index (Phi) is 3.62. The zero-order valence-electron chi connectivity index (χ0n) is 11.8. The molecular weight excluding hydrogens is 254 g/mol. The Morgan fingerprint density at radius 1 is 1.20 bits per heavy atom. The Hall–Kier alpha value is -1.98. The summed E-state index contributed by atoms with van der Waals surface area (Å²) in [4.78, 5) is 8.58. The van der Waals surface area contributed by atoms with Crippen LogP contribution in [0.15, 0.2) is 16.8 Å². The molecule has 2 aromatic heterocycles. The number of nitrogens with zero attached hydrogens (tertiary/aromatic N) is 4. The third-order valence-electron chi connectivity index (χ3n) is 3.69. The van der Waals surface area contributed by atoms with Crippen LogP contribution in [0.3, 0.4) is 0 Å². The first-order valence-electron chi connectivity index (χ1n) is 7.03. The summed E-state index contributed by atoms with van der Waals surface area (Å²) < 4.78 is 5.44. The van der Waals surface area contributed by atoms with Gasteiger partial charge in [-0.2, -0.15) is 0 Å². The molecule has 0 radical (unpaired) electrons. The summed E-state index contributed by atoms with van der Waals surface area (Å²) in [7, 11) is 0. The fourth-order valence-corrected chi connectivity index (χ4v) is 2.71. The molecule has 0 aliphatic heterocycles. The number of aromatic nitrogens is 4. The van der Waals surface area contributed by atoms with E-state index in [-0.39, 0.29) is 0 Å². The van der Waals surface area contributed by atoms with Gasteiger partial charge in [-0.25, -0.2) is 9.97 Å². The molecule has 1 fully saturated rings. The van der Waals surface area contributed by atoms with Crippen molar-refractivity contribution < 1.29 is 4.42 Å². The van der Waals surface area contributed by atoms with Crippen molar-refractivity contribution in [3.05, 3.63) is 29.7 Å². The minimum absolute atomic E-state index is 0.437. The van der Waals surface area contributed by atoms with Gasteiger partial charge in [-0.05, 0) is 37.7 Å². The fourth-order valence-electron chi connectivity index (χ4n) is 2.71. The van der Waals surface area contributed by atoms with Gasteiger partial charge in [-0.15, -0.1) is 10.2 Å². The maximum absolute atomic E-state index is 5.44.